The quantitative estimate of drug-likeness (QED) is 0.770. The molecule has 2 rings (SSSR count). The lowest BCUT2D eigenvalue weighted by atomic mass is 10.2. The van der Waals surface area contributed by atoms with E-state index in [-0.39, 0.29) is 5.97 Å². The van der Waals surface area contributed by atoms with Gasteiger partial charge in [-0.2, -0.15) is 0 Å². The van der Waals surface area contributed by atoms with E-state index in [2.05, 4.69) is 14.6 Å². The number of carbonyl (C=O) groups is 1. The number of carbonyl (C=O) groups excluding carboxylic acids is 1. The summed E-state index contributed by atoms with van der Waals surface area (Å²) < 4.78 is 9.65. The van der Waals surface area contributed by atoms with Crippen molar-refractivity contribution in [3.05, 3.63) is 53.7 Å². The number of esters is 1. The number of aromatic nitrogens is 1. The highest BCUT2D eigenvalue weighted by Crippen LogP contribution is 2.08. The summed E-state index contributed by atoms with van der Waals surface area (Å²) in [5.41, 5.74) is 2.48. The minimum absolute atomic E-state index is 0.370. The molecule has 0 aliphatic carbocycles. The van der Waals surface area contributed by atoms with Gasteiger partial charge in [0.2, 0.25) is 0 Å². The molecule has 5 heteroatoms. The van der Waals surface area contributed by atoms with E-state index in [0.717, 1.165) is 17.8 Å². The zero-order valence-corrected chi connectivity index (χ0v) is 11.0. The van der Waals surface area contributed by atoms with Crippen molar-refractivity contribution < 1.29 is 13.9 Å². The van der Waals surface area contributed by atoms with Gasteiger partial charge in [-0.15, -0.1) is 0 Å². The van der Waals surface area contributed by atoms with E-state index in [9.17, 15) is 4.79 Å². The molecular formula is C14H16N2O3. The molecular weight excluding hydrogens is 244 g/mol. The summed E-state index contributed by atoms with van der Waals surface area (Å²) in [6.45, 7) is 1.49. The van der Waals surface area contributed by atoms with Crippen molar-refractivity contribution in [2.75, 3.05) is 14.2 Å². The van der Waals surface area contributed by atoms with Gasteiger partial charge in [0.25, 0.3) is 0 Å². The van der Waals surface area contributed by atoms with Gasteiger partial charge in [0, 0.05) is 24.8 Å². The Labute approximate surface area is 111 Å². The van der Waals surface area contributed by atoms with Crippen LogP contribution in [0.3, 0.4) is 0 Å². The van der Waals surface area contributed by atoms with Gasteiger partial charge in [-0.05, 0) is 25.2 Å². The molecule has 5 nitrogen and oxygen atoms in total. The summed E-state index contributed by atoms with van der Waals surface area (Å²) in [4.78, 5) is 17.6. The molecule has 0 radical (unpaired) electrons. The maximum absolute atomic E-state index is 11.3. The summed E-state index contributed by atoms with van der Waals surface area (Å²) in [5, 5.41) is 0. The summed E-state index contributed by atoms with van der Waals surface area (Å²) in [6.07, 6.45) is 4.92. The minimum atomic E-state index is -0.370. The highest BCUT2D eigenvalue weighted by atomic mass is 16.5. The Hall–Kier alpha value is -2.14. The Morgan fingerprint density at radius 2 is 2.21 bits per heavy atom. The van der Waals surface area contributed by atoms with Crippen LogP contribution < -0.4 is 0 Å². The molecule has 0 atom stereocenters. The Morgan fingerprint density at radius 1 is 1.37 bits per heavy atom. The predicted octanol–water partition coefficient (Wildman–Crippen LogP) is 2.09. The molecule has 0 bridgehead atoms. The highest BCUT2D eigenvalue weighted by molar-refractivity contribution is 5.88. The lowest BCUT2D eigenvalue weighted by Crippen LogP contribution is -2.17. The Morgan fingerprint density at radius 3 is 2.79 bits per heavy atom. The smallest absolute Gasteiger partial charge is 0.339 e. The monoisotopic (exact) mass is 260 g/mol. The first-order valence-electron chi connectivity index (χ1n) is 5.92. The second-order valence-corrected chi connectivity index (χ2v) is 4.33. The van der Waals surface area contributed by atoms with Gasteiger partial charge in [0.15, 0.2) is 0 Å². The van der Waals surface area contributed by atoms with Crippen LogP contribution in [0.2, 0.25) is 0 Å². The number of rotatable bonds is 5. The predicted molar refractivity (Wildman–Crippen MR) is 69.5 cm³/mol. The van der Waals surface area contributed by atoms with E-state index in [1.807, 2.05) is 19.2 Å². The van der Waals surface area contributed by atoms with Crippen LogP contribution in [0.4, 0.5) is 0 Å². The number of hydrogen-bond donors (Lipinski definition) is 0. The van der Waals surface area contributed by atoms with Crippen molar-refractivity contribution in [1.29, 1.82) is 0 Å². The maximum Gasteiger partial charge on any atom is 0.339 e. The Balaban J connectivity index is 1.93. The maximum atomic E-state index is 11.3. The van der Waals surface area contributed by atoms with Crippen molar-refractivity contribution in [2.24, 2.45) is 0 Å². The third-order valence-corrected chi connectivity index (χ3v) is 2.71. The molecule has 0 aliphatic heterocycles. The van der Waals surface area contributed by atoms with E-state index >= 15 is 0 Å². The zero-order chi connectivity index (χ0) is 13.7. The Kier molecular flexibility index (Phi) is 4.30. The van der Waals surface area contributed by atoms with E-state index in [1.165, 1.54) is 13.3 Å². The molecule has 0 saturated heterocycles. The first-order valence-corrected chi connectivity index (χ1v) is 5.92. The molecule has 0 saturated carbocycles. The third kappa shape index (κ3) is 3.66. The average molecular weight is 260 g/mol. The summed E-state index contributed by atoms with van der Waals surface area (Å²) in [7, 11) is 3.36. The zero-order valence-electron chi connectivity index (χ0n) is 11.0. The molecule has 0 amide bonds. The van der Waals surface area contributed by atoms with Crippen molar-refractivity contribution in [2.45, 2.75) is 13.1 Å². The summed E-state index contributed by atoms with van der Waals surface area (Å²) >= 11 is 0. The molecule has 2 aromatic heterocycles. The van der Waals surface area contributed by atoms with Crippen LogP contribution in [0.15, 0.2) is 41.3 Å². The molecule has 0 unspecified atom stereocenters. The summed E-state index contributed by atoms with van der Waals surface area (Å²) in [6, 6.07) is 5.49. The molecule has 100 valence electrons. The van der Waals surface area contributed by atoms with Crippen molar-refractivity contribution in [3.8, 4) is 0 Å². The first-order chi connectivity index (χ1) is 9.19. The van der Waals surface area contributed by atoms with Crippen LogP contribution in [0.25, 0.3) is 0 Å². The lowest BCUT2D eigenvalue weighted by molar-refractivity contribution is 0.0600. The molecule has 0 spiro atoms. The molecule has 2 aromatic rings. The van der Waals surface area contributed by atoms with Gasteiger partial charge in [-0.25, -0.2) is 4.79 Å². The van der Waals surface area contributed by atoms with E-state index in [4.69, 9.17) is 4.42 Å². The minimum Gasteiger partial charge on any atom is -0.472 e. The standard InChI is InChI=1S/C14H16N2O3/c1-16(8-11-5-6-19-10-11)9-13-4-3-12(7-15-13)14(17)18-2/h3-7,10H,8-9H2,1-2H3. The van der Waals surface area contributed by atoms with Crippen LogP contribution >= 0.6 is 0 Å². The van der Waals surface area contributed by atoms with Gasteiger partial charge in [-0.3, -0.25) is 9.88 Å². The number of ether oxygens (including phenoxy) is 1. The molecule has 0 fully saturated rings. The number of pyridine rings is 1. The number of methoxy groups -OCH3 is 1. The van der Waals surface area contributed by atoms with Crippen LogP contribution in [0, 0.1) is 0 Å². The van der Waals surface area contributed by atoms with E-state index in [0.29, 0.717) is 12.1 Å². The van der Waals surface area contributed by atoms with Crippen molar-refractivity contribution in [3.63, 3.8) is 0 Å². The topological polar surface area (TPSA) is 55.6 Å². The third-order valence-electron chi connectivity index (χ3n) is 2.71. The van der Waals surface area contributed by atoms with Crippen LogP contribution in [-0.4, -0.2) is 30.0 Å². The van der Waals surface area contributed by atoms with Gasteiger partial charge in [0.05, 0.1) is 30.9 Å². The fourth-order valence-electron chi connectivity index (χ4n) is 1.78. The van der Waals surface area contributed by atoms with Crippen LogP contribution in [-0.2, 0) is 17.8 Å². The molecule has 0 N–H and O–H groups in total. The second-order valence-electron chi connectivity index (χ2n) is 4.33. The van der Waals surface area contributed by atoms with Crippen molar-refractivity contribution in [1.82, 2.24) is 9.88 Å². The highest BCUT2D eigenvalue weighted by Gasteiger charge is 2.07. The average Bonchev–Trinajstić information content (AvgIpc) is 2.91. The number of furan rings is 1. The lowest BCUT2D eigenvalue weighted by Gasteiger charge is -2.14. The van der Waals surface area contributed by atoms with Gasteiger partial charge >= 0.3 is 5.97 Å². The van der Waals surface area contributed by atoms with E-state index < -0.39 is 0 Å². The molecule has 2 heterocycles. The first kappa shape index (κ1) is 13.3. The second kappa shape index (κ2) is 6.15. The summed E-state index contributed by atoms with van der Waals surface area (Å²) in [5.74, 6) is -0.370. The molecule has 0 aliphatic rings. The Bertz CT molecular complexity index is 520. The molecule has 0 aromatic carbocycles. The SMILES string of the molecule is COC(=O)c1ccc(CN(C)Cc2ccoc2)nc1. The fourth-order valence-corrected chi connectivity index (χ4v) is 1.78. The van der Waals surface area contributed by atoms with Crippen LogP contribution in [0.1, 0.15) is 21.6 Å². The van der Waals surface area contributed by atoms with Gasteiger partial charge < -0.3 is 9.15 Å². The van der Waals surface area contributed by atoms with Gasteiger partial charge in [0.1, 0.15) is 0 Å². The number of nitrogens with zero attached hydrogens (tertiary/aromatic N) is 2. The van der Waals surface area contributed by atoms with Crippen LogP contribution in [0.5, 0.6) is 0 Å². The number of hydrogen-bond acceptors (Lipinski definition) is 5. The fraction of sp³-hybridized carbons (Fsp3) is 0.286. The normalized spacial score (nSPS) is 10.7. The van der Waals surface area contributed by atoms with Crippen molar-refractivity contribution >= 4 is 5.97 Å². The largest absolute Gasteiger partial charge is 0.472 e. The van der Waals surface area contributed by atoms with Gasteiger partial charge in [-0.1, -0.05) is 0 Å². The van der Waals surface area contributed by atoms with E-state index in [1.54, 1.807) is 18.6 Å². The molecule has 19 heavy (non-hydrogen) atoms.